The lowest BCUT2D eigenvalue weighted by molar-refractivity contribution is -0.137. The fraction of sp³-hybridized carbons (Fsp3) is 0.417. The van der Waals surface area contributed by atoms with E-state index >= 15 is 0 Å². The average molecular weight is 210 g/mol. The number of carbonyl (C=O) groups is 1. The van der Waals surface area contributed by atoms with Crippen LogP contribution in [0.1, 0.15) is 36.0 Å². The van der Waals surface area contributed by atoms with Crippen LogP contribution in [0.3, 0.4) is 0 Å². The van der Waals surface area contributed by atoms with Crippen LogP contribution in [0.25, 0.3) is 0 Å². The minimum Gasteiger partial charge on any atom is -0.481 e. The fourth-order valence-corrected chi connectivity index (χ4v) is 1.71. The molecular weight excluding hydrogens is 195 g/mol. The summed E-state index contributed by atoms with van der Waals surface area (Å²) in [6.45, 7) is 5.33. The minimum absolute atomic E-state index is 0.0753. The second-order valence-electron chi connectivity index (χ2n) is 3.96. The monoisotopic (exact) mass is 210 g/mol. The van der Waals surface area contributed by atoms with Gasteiger partial charge in [-0.25, -0.2) is 4.39 Å². The highest BCUT2D eigenvalue weighted by Crippen LogP contribution is 2.25. The smallest absolute Gasteiger partial charge is 0.303 e. The summed E-state index contributed by atoms with van der Waals surface area (Å²) >= 11 is 0. The van der Waals surface area contributed by atoms with Crippen LogP contribution in [0, 0.1) is 19.7 Å². The van der Waals surface area contributed by atoms with E-state index in [0.29, 0.717) is 5.56 Å². The van der Waals surface area contributed by atoms with Crippen LogP contribution in [-0.4, -0.2) is 11.1 Å². The third kappa shape index (κ3) is 2.78. The van der Waals surface area contributed by atoms with Crippen molar-refractivity contribution < 1.29 is 14.3 Å². The second-order valence-corrected chi connectivity index (χ2v) is 3.96. The first-order valence-corrected chi connectivity index (χ1v) is 4.90. The molecule has 0 amide bonds. The Morgan fingerprint density at radius 3 is 2.53 bits per heavy atom. The molecule has 3 heteroatoms. The maximum Gasteiger partial charge on any atom is 0.303 e. The number of hydrogen-bond donors (Lipinski definition) is 1. The van der Waals surface area contributed by atoms with Crippen LogP contribution >= 0.6 is 0 Å². The zero-order chi connectivity index (χ0) is 11.6. The molecule has 0 aliphatic carbocycles. The number of halogens is 1. The molecule has 0 aliphatic heterocycles. The Bertz CT molecular complexity index is 385. The summed E-state index contributed by atoms with van der Waals surface area (Å²) in [5.74, 6) is -1.15. The van der Waals surface area contributed by atoms with E-state index in [1.807, 2.05) is 6.92 Å². The number of aryl methyl sites for hydroxylation is 2. The standard InChI is InChI=1S/C12H15FO2/c1-7-5-11(13)9(3)4-10(7)8(2)6-12(14)15/h4-5,8H,6H2,1-3H3,(H,14,15). The van der Waals surface area contributed by atoms with E-state index in [4.69, 9.17) is 5.11 Å². The molecule has 0 aliphatic rings. The largest absolute Gasteiger partial charge is 0.481 e. The van der Waals surface area contributed by atoms with E-state index in [0.717, 1.165) is 11.1 Å². The maximum atomic E-state index is 13.2. The molecule has 82 valence electrons. The summed E-state index contributed by atoms with van der Waals surface area (Å²) in [6.07, 6.45) is 0.0753. The van der Waals surface area contributed by atoms with Crippen molar-refractivity contribution in [3.63, 3.8) is 0 Å². The van der Waals surface area contributed by atoms with Crippen LogP contribution in [-0.2, 0) is 4.79 Å². The van der Waals surface area contributed by atoms with Crippen molar-refractivity contribution in [1.82, 2.24) is 0 Å². The zero-order valence-corrected chi connectivity index (χ0v) is 9.17. The molecule has 1 rings (SSSR count). The Balaban J connectivity index is 3.03. The zero-order valence-electron chi connectivity index (χ0n) is 9.17. The van der Waals surface area contributed by atoms with Crippen LogP contribution in [0.15, 0.2) is 12.1 Å². The van der Waals surface area contributed by atoms with Crippen molar-refractivity contribution in [2.24, 2.45) is 0 Å². The van der Waals surface area contributed by atoms with Gasteiger partial charge in [0.05, 0.1) is 6.42 Å². The number of carboxylic acids is 1. The van der Waals surface area contributed by atoms with Gasteiger partial charge in [0.1, 0.15) is 5.82 Å². The van der Waals surface area contributed by atoms with Gasteiger partial charge in [-0.1, -0.05) is 13.0 Å². The molecule has 0 heterocycles. The van der Waals surface area contributed by atoms with Crippen molar-refractivity contribution in [1.29, 1.82) is 0 Å². The van der Waals surface area contributed by atoms with Crippen LogP contribution in [0.2, 0.25) is 0 Å². The molecule has 1 aromatic carbocycles. The Hall–Kier alpha value is -1.38. The molecular formula is C12H15FO2. The summed E-state index contributed by atoms with van der Waals surface area (Å²) < 4.78 is 13.2. The highest BCUT2D eigenvalue weighted by Gasteiger charge is 2.14. The first kappa shape index (κ1) is 11.7. The van der Waals surface area contributed by atoms with Gasteiger partial charge in [-0.2, -0.15) is 0 Å². The van der Waals surface area contributed by atoms with Crippen molar-refractivity contribution in [3.8, 4) is 0 Å². The lowest BCUT2D eigenvalue weighted by Crippen LogP contribution is -2.05. The van der Waals surface area contributed by atoms with Gasteiger partial charge in [0.15, 0.2) is 0 Å². The number of benzene rings is 1. The molecule has 1 N–H and O–H groups in total. The molecule has 1 atom stereocenters. The lowest BCUT2D eigenvalue weighted by atomic mass is 9.92. The lowest BCUT2D eigenvalue weighted by Gasteiger charge is -2.13. The molecule has 15 heavy (non-hydrogen) atoms. The van der Waals surface area contributed by atoms with E-state index in [-0.39, 0.29) is 18.2 Å². The third-order valence-corrected chi connectivity index (χ3v) is 2.56. The average Bonchev–Trinajstić information content (AvgIpc) is 2.09. The topological polar surface area (TPSA) is 37.3 Å². The molecule has 0 fully saturated rings. The first-order valence-electron chi connectivity index (χ1n) is 4.90. The van der Waals surface area contributed by atoms with Crippen molar-refractivity contribution in [3.05, 3.63) is 34.6 Å². The highest BCUT2D eigenvalue weighted by molar-refractivity contribution is 5.68. The summed E-state index contributed by atoms with van der Waals surface area (Å²) in [6, 6.07) is 3.20. The quantitative estimate of drug-likeness (QED) is 0.832. The van der Waals surface area contributed by atoms with E-state index in [9.17, 15) is 9.18 Å². The molecule has 1 unspecified atom stereocenters. The summed E-state index contributed by atoms with van der Waals surface area (Å²) in [5.41, 5.74) is 2.29. The van der Waals surface area contributed by atoms with Crippen LogP contribution in [0.5, 0.6) is 0 Å². The van der Waals surface area contributed by atoms with E-state index in [1.54, 1.807) is 19.9 Å². The predicted octanol–water partition coefficient (Wildman–Crippen LogP) is 3.02. The summed E-state index contributed by atoms with van der Waals surface area (Å²) in [5, 5.41) is 8.69. The molecule has 1 aromatic rings. The number of rotatable bonds is 3. The highest BCUT2D eigenvalue weighted by atomic mass is 19.1. The van der Waals surface area contributed by atoms with E-state index in [1.165, 1.54) is 6.07 Å². The molecule has 0 saturated heterocycles. The van der Waals surface area contributed by atoms with Gasteiger partial charge in [0, 0.05) is 0 Å². The second kappa shape index (κ2) is 4.43. The number of carboxylic acid groups (broad SMARTS) is 1. The predicted molar refractivity (Wildman–Crippen MR) is 56.5 cm³/mol. The summed E-state index contributed by atoms with van der Waals surface area (Å²) in [4.78, 5) is 10.6. The number of hydrogen-bond acceptors (Lipinski definition) is 1. The SMILES string of the molecule is Cc1cc(C(C)CC(=O)O)c(C)cc1F. The normalized spacial score (nSPS) is 12.5. The van der Waals surface area contributed by atoms with Gasteiger partial charge in [0.25, 0.3) is 0 Å². The van der Waals surface area contributed by atoms with E-state index < -0.39 is 5.97 Å². The van der Waals surface area contributed by atoms with Gasteiger partial charge in [-0.3, -0.25) is 4.79 Å². The molecule has 0 aromatic heterocycles. The van der Waals surface area contributed by atoms with Crippen molar-refractivity contribution in [2.75, 3.05) is 0 Å². The fourth-order valence-electron chi connectivity index (χ4n) is 1.71. The van der Waals surface area contributed by atoms with Gasteiger partial charge >= 0.3 is 5.97 Å². The van der Waals surface area contributed by atoms with Gasteiger partial charge in [0.2, 0.25) is 0 Å². The third-order valence-electron chi connectivity index (χ3n) is 2.56. The molecule has 0 bridgehead atoms. The van der Waals surface area contributed by atoms with Gasteiger partial charge in [-0.15, -0.1) is 0 Å². The first-order chi connectivity index (χ1) is 6.91. The molecule has 2 nitrogen and oxygen atoms in total. The van der Waals surface area contributed by atoms with Crippen LogP contribution in [0.4, 0.5) is 4.39 Å². The molecule has 0 radical (unpaired) electrons. The van der Waals surface area contributed by atoms with Crippen molar-refractivity contribution in [2.45, 2.75) is 33.1 Å². The maximum absolute atomic E-state index is 13.2. The Labute approximate surface area is 88.7 Å². The Morgan fingerprint density at radius 2 is 2.00 bits per heavy atom. The van der Waals surface area contributed by atoms with Gasteiger partial charge < -0.3 is 5.11 Å². The van der Waals surface area contributed by atoms with Crippen LogP contribution < -0.4 is 0 Å². The minimum atomic E-state index is -0.830. The number of aliphatic carboxylic acids is 1. The van der Waals surface area contributed by atoms with Crippen molar-refractivity contribution >= 4 is 5.97 Å². The molecule has 0 spiro atoms. The summed E-state index contributed by atoms with van der Waals surface area (Å²) in [7, 11) is 0. The Morgan fingerprint density at radius 1 is 1.40 bits per heavy atom. The Kier molecular flexibility index (Phi) is 3.45. The van der Waals surface area contributed by atoms with E-state index in [2.05, 4.69) is 0 Å². The van der Waals surface area contributed by atoms with Gasteiger partial charge in [-0.05, 0) is 42.5 Å². The molecule has 0 saturated carbocycles.